The van der Waals surface area contributed by atoms with Crippen molar-refractivity contribution in [2.75, 3.05) is 14.2 Å². The van der Waals surface area contributed by atoms with E-state index in [9.17, 15) is 13.6 Å². The highest BCUT2D eigenvalue weighted by molar-refractivity contribution is 6.00. The first-order chi connectivity index (χ1) is 17.9. The summed E-state index contributed by atoms with van der Waals surface area (Å²) >= 11 is 0. The number of methoxy groups -OCH3 is 2. The largest absolute Gasteiger partial charge is 0.493 e. The van der Waals surface area contributed by atoms with Gasteiger partial charge in [0.15, 0.2) is 17.1 Å². The van der Waals surface area contributed by atoms with Crippen molar-refractivity contribution in [3.05, 3.63) is 84.0 Å². The lowest BCUT2D eigenvalue weighted by Gasteiger charge is -2.34. The van der Waals surface area contributed by atoms with E-state index in [4.69, 9.17) is 24.7 Å². The topological polar surface area (TPSA) is 80.0 Å². The molecule has 2 aliphatic rings. The van der Waals surface area contributed by atoms with Crippen LogP contribution in [0.4, 0.5) is 8.78 Å². The number of primary amides is 1. The first-order valence-corrected chi connectivity index (χ1v) is 11.6. The van der Waals surface area contributed by atoms with Gasteiger partial charge in [-0.3, -0.25) is 4.79 Å². The lowest BCUT2D eigenvalue weighted by Crippen LogP contribution is -2.48. The number of fused-ring (bicyclic) bond motifs is 3. The third-order valence-electron chi connectivity index (χ3n) is 6.72. The summed E-state index contributed by atoms with van der Waals surface area (Å²) in [5.41, 5.74) is 8.97. The molecule has 8 heteroatoms. The van der Waals surface area contributed by atoms with E-state index in [1.807, 2.05) is 48.5 Å². The van der Waals surface area contributed by atoms with Crippen LogP contribution in [0, 0.1) is 0 Å². The van der Waals surface area contributed by atoms with Crippen LogP contribution in [0.3, 0.4) is 0 Å². The van der Waals surface area contributed by atoms with E-state index < -0.39 is 18.1 Å². The molecule has 5 rings (SSSR count). The highest BCUT2D eigenvalue weighted by atomic mass is 19.3. The molecule has 1 atom stereocenters. The lowest BCUT2D eigenvalue weighted by molar-refractivity contribution is -0.191. The SMILES string of the molecule is COc1ccc(-c2cccc3c2-c2ccc(C4=CC=CCC4(OC(F)F)C(N)=O)cc2CO3)cc1OC. The fourth-order valence-corrected chi connectivity index (χ4v) is 4.98. The van der Waals surface area contributed by atoms with Gasteiger partial charge in [0.1, 0.15) is 12.4 Å². The molecule has 0 saturated heterocycles. The van der Waals surface area contributed by atoms with Crippen molar-refractivity contribution in [2.24, 2.45) is 5.73 Å². The number of hydrogen-bond donors (Lipinski definition) is 1. The van der Waals surface area contributed by atoms with Crippen molar-refractivity contribution < 1.29 is 32.5 Å². The van der Waals surface area contributed by atoms with Crippen LogP contribution in [0.25, 0.3) is 27.8 Å². The molecule has 3 aromatic rings. The van der Waals surface area contributed by atoms with Gasteiger partial charge in [0, 0.05) is 17.6 Å². The highest BCUT2D eigenvalue weighted by Crippen LogP contribution is 2.47. The fraction of sp³-hybridized carbons (Fsp3) is 0.207. The Hall–Kier alpha value is -4.17. The summed E-state index contributed by atoms with van der Waals surface area (Å²) in [6.45, 7) is -2.90. The van der Waals surface area contributed by atoms with E-state index in [2.05, 4.69) is 0 Å². The van der Waals surface area contributed by atoms with Crippen LogP contribution in [0.1, 0.15) is 17.5 Å². The molecule has 1 aliphatic carbocycles. The van der Waals surface area contributed by atoms with Crippen LogP contribution >= 0.6 is 0 Å². The third-order valence-corrected chi connectivity index (χ3v) is 6.72. The Bertz CT molecular complexity index is 1430. The molecule has 37 heavy (non-hydrogen) atoms. The molecule has 2 N–H and O–H groups in total. The van der Waals surface area contributed by atoms with Crippen molar-refractivity contribution in [1.29, 1.82) is 0 Å². The Morgan fingerprint density at radius 2 is 1.78 bits per heavy atom. The number of carbonyl (C=O) groups excluding carboxylic acids is 1. The molecule has 6 nitrogen and oxygen atoms in total. The maximum Gasteiger partial charge on any atom is 0.346 e. The van der Waals surface area contributed by atoms with Gasteiger partial charge >= 0.3 is 6.61 Å². The summed E-state index contributed by atoms with van der Waals surface area (Å²) in [4.78, 5) is 12.4. The van der Waals surface area contributed by atoms with Crippen LogP contribution in [0.2, 0.25) is 0 Å². The van der Waals surface area contributed by atoms with E-state index in [0.29, 0.717) is 17.1 Å². The molecule has 1 unspecified atom stereocenters. The molecule has 0 spiro atoms. The smallest absolute Gasteiger partial charge is 0.346 e. The van der Waals surface area contributed by atoms with Crippen LogP contribution in [-0.2, 0) is 16.1 Å². The molecule has 1 amide bonds. The minimum atomic E-state index is -3.17. The zero-order valence-electron chi connectivity index (χ0n) is 20.3. The van der Waals surface area contributed by atoms with E-state index in [-0.39, 0.29) is 18.6 Å². The van der Waals surface area contributed by atoms with Gasteiger partial charge < -0.3 is 24.7 Å². The highest BCUT2D eigenvalue weighted by Gasteiger charge is 2.45. The van der Waals surface area contributed by atoms with Crippen molar-refractivity contribution in [3.8, 4) is 39.5 Å². The van der Waals surface area contributed by atoms with E-state index in [1.165, 1.54) is 0 Å². The monoisotopic (exact) mass is 505 g/mol. The second kappa shape index (κ2) is 9.71. The first kappa shape index (κ1) is 24.5. The Morgan fingerprint density at radius 1 is 1.00 bits per heavy atom. The Morgan fingerprint density at radius 3 is 2.51 bits per heavy atom. The Labute approximate surface area is 212 Å². The van der Waals surface area contributed by atoms with Gasteiger partial charge in [0.05, 0.1) is 14.2 Å². The summed E-state index contributed by atoms with van der Waals surface area (Å²) in [5.74, 6) is 0.971. The van der Waals surface area contributed by atoms with E-state index in [0.717, 1.165) is 33.6 Å². The maximum absolute atomic E-state index is 13.3. The third kappa shape index (κ3) is 4.23. The molecular formula is C29H25F2NO5. The number of amides is 1. The summed E-state index contributed by atoms with van der Waals surface area (Å²) in [5, 5.41) is 0. The lowest BCUT2D eigenvalue weighted by atomic mass is 9.80. The molecule has 1 aliphatic heterocycles. The van der Waals surface area contributed by atoms with Gasteiger partial charge in [-0.15, -0.1) is 0 Å². The molecule has 0 aromatic heterocycles. The van der Waals surface area contributed by atoms with Gasteiger partial charge in [-0.25, -0.2) is 0 Å². The predicted octanol–water partition coefficient (Wildman–Crippen LogP) is 5.74. The maximum atomic E-state index is 13.3. The molecular weight excluding hydrogens is 480 g/mol. The van der Waals surface area contributed by atoms with Gasteiger partial charge in [0.2, 0.25) is 0 Å². The fourth-order valence-electron chi connectivity index (χ4n) is 4.98. The molecule has 0 bridgehead atoms. The minimum absolute atomic E-state index is 0.0849. The number of hydrogen-bond acceptors (Lipinski definition) is 5. The van der Waals surface area contributed by atoms with Gasteiger partial charge in [0.25, 0.3) is 5.91 Å². The van der Waals surface area contributed by atoms with E-state index >= 15 is 0 Å². The standard InChI is InChI=1S/C29H25F2NO5/c1-34-23-12-10-17(15-25(23)35-2)20-6-5-8-24-26(20)21-11-9-18(14-19(21)16-36-24)22-7-3-4-13-29(22,27(32)33)37-28(30)31/h3-12,14-15,28H,13,16H2,1-2H3,(H2,32,33). The number of alkyl halides is 2. The Kier molecular flexibility index (Phi) is 6.43. The second-order valence-corrected chi connectivity index (χ2v) is 8.69. The second-order valence-electron chi connectivity index (χ2n) is 8.69. The molecule has 3 aromatic carbocycles. The van der Waals surface area contributed by atoms with Crippen LogP contribution in [-0.4, -0.2) is 32.3 Å². The number of rotatable bonds is 7. The van der Waals surface area contributed by atoms with Gasteiger partial charge in [-0.1, -0.05) is 48.6 Å². The molecule has 0 fully saturated rings. The Balaban J connectivity index is 1.62. The van der Waals surface area contributed by atoms with Crippen LogP contribution in [0.15, 0.2) is 72.8 Å². The van der Waals surface area contributed by atoms with Crippen LogP contribution < -0.4 is 19.9 Å². The normalized spacial score (nSPS) is 17.9. The quantitative estimate of drug-likeness (QED) is 0.443. The number of halogens is 2. The zero-order valence-corrected chi connectivity index (χ0v) is 20.3. The minimum Gasteiger partial charge on any atom is -0.493 e. The molecule has 1 heterocycles. The number of allylic oxidation sites excluding steroid dienone is 2. The number of ether oxygens (including phenoxy) is 4. The predicted molar refractivity (Wildman–Crippen MR) is 135 cm³/mol. The van der Waals surface area contributed by atoms with Crippen molar-refractivity contribution in [2.45, 2.75) is 25.2 Å². The van der Waals surface area contributed by atoms with Gasteiger partial charge in [-0.05, 0) is 52.1 Å². The molecule has 0 radical (unpaired) electrons. The zero-order chi connectivity index (χ0) is 26.2. The van der Waals surface area contributed by atoms with E-state index in [1.54, 1.807) is 38.5 Å². The van der Waals surface area contributed by atoms with Crippen molar-refractivity contribution in [1.82, 2.24) is 0 Å². The average molecular weight is 506 g/mol. The summed E-state index contributed by atoms with van der Waals surface area (Å²) in [6.07, 6.45) is 4.79. The summed E-state index contributed by atoms with van der Waals surface area (Å²) in [7, 11) is 3.17. The average Bonchev–Trinajstić information content (AvgIpc) is 2.91. The number of nitrogens with two attached hydrogens (primary N) is 1. The molecule has 0 saturated carbocycles. The van der Waals surface area contributed by atoms with Crippen molar-refractivity contribution in [3.63, 3.8) is 0 Å². The van der Waals surface area contributed by atoms with Crippen molar-refractivity contribution >= 4 is 11.5 Å². The summed E-state index contributed by atoms with van der Waals surface area (Å²) in [6, 6.07) is 17.0. The number of carbonyl (C=O) groups is 1. The molecule has 190 valence electrons. The number of benzene rings is 3. The van der Waals surface area contributed by atoms with Crippen LogP contribution in [0.5, 0.6) is 17.2 Å². The first-order valence-electron chi connectivity index (χ1n) is 11.6. The van der Waals surface area contributed by atoms with Gasteiger partial charge in [-0.2, -0.15) is 8.78 Å². The summed E-state index contributed by atoms with van der Waals surface area (Å²) < 4.78 is 48.5.